The number of aromatic nitrogens is 3. The van der Waals surface area contributed by atoms with Crippen LogP contribution in [0.15, 0.2) is 53.4 Å². The number of carboxylic acids is 1. The fourth-order valence-corrected chi connectivity index (χ4v) is 3.66. The van der Waals surface area contributed by atoms with E-state index in [0.717, 1.165) is 43.3 Å². The van der Waals surface area contributed by atoms with Crippen molar-refractivity contribution in [3.05, 3.63) is 59.0 Å². The number of aryl methyl sites for hydroxylation is 1. The number of rotatable bonds is 6. The number of nitrogens with one attached hydrogen (secondary N) is 2. The number of carbonyl (C=O) groups is 1. The molecule has 2 aromatic heterocycles. The maximum Gasteiger partial charge on any atom is 0.317 e. The first-order valence-corrected chi connectivity index (χ1v) is 9.48. The molecule has 0 atom stereocenters. The Labute approximate surface area is 169 Å². The molecule has 0 radical (unpaired) electrons. The maximum absolute atomic E-state index is 10.8. The first-order chi connectivity index (χ1) is 13.5. The Bertz CT molecular complexity index is 1190. The third-order valence-electron chi connectivity index (χ3n) is 4.51. The molecule has 28 heavy (non-hydrogen) atoms. The average molecular weight is 440 g/mol. The van der Waals surface area contributed by atoms with Gasteiger partial charge < -0.3 is 20.3 Å². The van der Waals surface area contributed by atoms with E-state index in [-0.39, 0.29) is 6.54 Å². The second-order valence-corrected chi connectivity index (χ2v) is 7.42. The molecule has 0 saturated carbocycles. The topological polar surface area (TPSA) is 92.1 Å². The zero-order chi connectivity index (χ0) is 19.7. The third-order valence-corrected chi connectivity index (χ3v) is 5.00. The van der Waals surface area contributed by atoms with E-state index >= 15 is 0 Å². The predicted octanol–water partition coefficient (Wildman–Crippen LogP) is 3.80. The van der Waals surface area contributed by atoms with Crippen molar-refractivity contribution in [3.63, 3.8) is 0 Å². The van der Waals surface area contributed by atoms with Crippen LogP contribution in [0.25, 0.3) is 21.8 Å². The van der Waals surface area contributed by atoms with Gasteiger partial charge in [0.2, 0.25) is 0 Å². The summed E-state index contributed by atoms with van der Waals surface area (Å²) in [5.74, 6) is -0.155. The average Bonchev–Trinajstić information content (AvgIpc) is 2.95. The quantitative estimate of drug-likeness (QED) is 0.423. The van der Waals surface area contributed by atoms with E-state index in [0.29, 0.717) is 6.54 Å². The van der Waals surface area contributed by atoms with Crippen molar-refractivity contribution in [1.29, 1.82) is 0 Å². The van der Waals surface area contributed by atoms with Crippen LogP contribution in [0.5, 0.6) is 0 Å². The van der Waals surface area contributed by atoms with E-state index in [2.05, 4.69) is 42.6 Å². The molecular weight excluding hydrogens is 422 g/mol. The second-order valence-electron chi connectivity index (χ2n) is 6.51. The van der Waals surface area contributed by atoms with E-state index in [1.807, 2.05) is 48.1 Å². The Morgan fingerprint density at radius 3 is 2.86 bits per heavy atom. The highest BCUT2D eigenvalue weighted by molar-refractivity contribution is 9.10. The number of hydrogen-bond acceptors (Lipinski definition) is 5. The molecule has 3 N–H and O–H groups in total. The Kier molecular flexibility index (Phi) is 4.97. The largest absolute Gasteiger partial charge is 0.480 e. The van der Waals surface area contributed by atoms with E-state index in [1.54, 1.807) is 6.33 Å². The van der Waals surface area contributed by atoms with Crippen LogP contribution in [0.1, 0.15) is 5.56 Å². The zero-order valence-electron chi connectivity index (χ0n) is 15.1. The number of fused-ring (bicyclic) bond motifs is 2. The highest BCUT2D eigenvalue weighted by Gasteiger charge is 2.12. The summed E-state index contributed by atoms with van der Waals surface area (Å²) in [4.78, 5) is 19.6. The van der Waals surface area contributed by atoms with Gasteiger partial charge in [-0.1, -0.05) is 22.0 Å². The van der Waals surface area contributed by atoms with Crippen LogP contribution in [0.4, 0.5) is 11.5 Å². The number of anilines is 2. The minimum atomic E-state index is -0.875. The molecule has 2 aromatic carbocycles. The van der Waals surface area contributed by atoms with Gasteiger partial charge in [0.1, 0.15) is 12.1 Å². The summed E-state index contributed by atoms with van der Waals surface area (Å²) in [7, 11) is 1.97. The lowest BCUT2D eigenvalue weighted by Crippen LogP contribution is -2.21. The Morgan fingerprint density at radius 1 is 1.21 bits per heavy atom. The lowest BCUT2D eigenvalue weighted by molar-refractivity contribution is -0.135. The normalized spacial score (nSPS) is 11.2. The lowest BCUT2D eigenvalue weighted by atomic mass is 10.1. The molecule has 4 aromatic rings. The van der Waals surface area contributed by atoms with Crippen molar-refractivity contribution >= 4 is 55.2 Å². The number of benzene rings is 2. The molecule has 0 aliphatic rings. The summed E-state index contributed by atoms with van der Waals surface area (Å²) >= 11 is 3.48. The molecule has 7 nitrogen and oxygen atoms in total. The number of carboxylic acid groups (broad SMARTS) is 1. The third kappa shape index (κ3) is 3.69. The second kappa shape index (κ2) is 7.57. The summed E-state index contributed by atoms with van der Waals surface area (Å²) in [5.41, 5.74) is 3.82. The first kappa shape index (κ1) is 18.4. The molecule has 0 aliphatic carbocycles. The van der Waals surface area contributed by atoms with E-state index in [4.69, 9.17) is 5.11 Å². The lowest BCUT2D eigenvalue weighted by Gasteiger charge is -2.09. The van der Waals surface area contributed by atoms with E-state index < -0.39 is 5.97 Å². The highest BCUT2D eigenvalue weighted by Crippen LogP contribution is 2.30. The molecular formula is C20H18BrN5O2. The zero-order valence-corrected chi connectivity index (χ0v) is 16.7. The Hall–Kier alpha value is -2.97. The van der Waals surface area contributed by atoms with Crippen LogP contribution in [-0.4, -0.2) is 32.2 Å². The van der Waals surface area contributed by atoms with Crippen molar-refractivity contribution in [2.45, 2.75) is 6.54 Å². The van der Waals surface area contributed by atoms with E-state index in [9.17, 15) is 4.79 Å². The molecule has 0 amide bonds. The van der Waals surface area contributed by atoms with Crippen molar-refractivity contribution in [2.75, 3.05) is 11.9 Å². The highest BCUT2D eigenvalue weighted by atomic mass is 79.9. The summed E-state index contributed by atoms with van der Waals surface area (Å²) in [6, 6.07) is 12.0. The number of nitrogens with zero attached hydrogens (tertiary/aromatic N) is 3. The molecule has 0 bridgehead atoms. The molecule has 0 aliphatic heterocycles. The van der Waals surface area contributed by atoms with Crippen LogP contribution in [0.2, 0.25) is 0 Å². The summed E-state index contributed by atoms with van der Waals surface area (Å²) < 4.78 is 3.00. The SMILES string of the molecule is Cn1cc(CNCC(=O)O)c2cc3c(Nc4cccc(Br)c4)ncnc3cc21. The van der Waals surface area contributed by atoms with Crippen molar-refractivity contribution in [2.24, 2.45) is 7.05 Å². The van der Waals surface area contributed by atoms with Gasteiger partial charge in [0.15, 0.2) is 0 Å². The van der Waals surface area contributed by atoms with Gasteiger partial charge in [-0.25, -0.2) is 9.97 Å². The number of hydrogen-bond donors (Lipinski definition) is 3. The maximum atomic E-state index is 10.8. The molecule has 4 rings (SSSR count). The summed E-state index contributed by atoms with van der Waals surface area (Å²) in [6.07, 6.45) is 3.56. The number of halogens is 1. The van der Waals surface area contributed by atoms with E-state index in [1.165, 1.54) is 0 Å². The van der Waals surface area contributed by atoms with Crippen molar-refractivity contribution in [3.8, 4) is 0 Å². The van der Waals surface area contributed by atoms with Gasteiger partial charge in [-0.3, -0.25) is 4.79 Å². The predicted molar refractivity (Wildman–Crippen MR) is 113 cm³/mol. The fourth-order valence-electron chi connectivity index (χ4n) is 3.26. The van der Waals surface area contributed by atoms with Crippen LogP contribution in [-0.2, 0) is 18.4 Å². The molecule has 0 spiro atoms. The minimum Gasteiger partial charge on any atom is -0.480 e. The first-order valence-electron chi connectivity index (χ1n) is 8.69. The van der Waals surface area contributed by atoms with Crippen molar-refractivity contribution < 1.29 is 9.90 Å². The van der Waals surface area contributed by atoms with Gasteiger partial charge in [-0.15, -0.1) is 0 Å². The van der Waals surface area contributed by atoms with Crippen LogP contribution >= 0.6 is 15.9 Å². The summed E-state index contributed by atoms with van der Waals surface area (Å²) in [6.45, 7) is 0.389. The minimum absolute atomic E-state index is 0.0806. The summed E-state index contributed by atoms with van der Waals surface area (Å²) in [5, 5.41) is 17.1. The fraction of sp³-hybridized carbons (Fsp3) is 0.150. The monoisotopic (exact) mass is 439 g/mol. The molecule has 2 heterocycles. The van der Waals surface area contributed by atoms with Crippen molar-refractivity contribution in [1.82, 2.24) is 19.9 Å². The smallest absolute Gasteiger partial charge is 0.317 e. The van der Waals surface area contributed by atoms with Gasteiger partial charge >= 0.3 is 5.97 Å². The molecule has 0 fully saturated rings. The van der Waals surface area contributed by atoms with Crippen LogP contribution < -0.4 is 10.6 Å². The molecule has 0 unspecified atom stereocenters. The molecule has 142 valence electrons. The van der Waals surface area contributed by atoms with Gasteiger partial charge in [-0.05, 0) is 35.9 Å². The standard InChI is InChI=1S/C20H18BrN5O2/c1-26-10-12(8-22-9-19(27)28)15-6-16-17(7-18(15)26)23-11-24-20(16)25-14-4-2-3-13(21)5-14/h2-7,10-11,22H,8-9H2,1H3,(H,27,28)(H,23,24,25). The van der Waals surface area contributed by atoms with Gasteiger partial charge in [0.05, 0.1) is 17.6 Å². The molecule has 8 heteroatoms. The van der Waals surface area contributed by atoms with Gasteiger partial charge in [-0.2, -0.15) is 0 Å². The van der Waals surface area contributed by atoms with Gasteiger partial charge in [0, 0.05) is 40.7 Å². The molecule has 0 saturated heterocycles. The Balaban J connectivity index is 1.77. The van der Waals surface area contributed by atoms with Crippen LogP contribution in [0, 0.1) is 0 Å². The number of aliphatic carboxylic acids is 1. The van der Waals surface area contributed by atoms with Crippen LogP contribution in [0.3, 0.4) is 0 Å². The Morgan fingerprint density at radius 2 is 2.07 bits per heavy atom. The van der Waals surface area contributed by atoms with Gasteiger partial charge in [0.25, 0.3) is 0 Å².